The predicted octanol–water partition coefficient (Wildman–Crippen LogP) is 3.45. The van der Waals surface area contributed by atoms with E-state index in [2.05, 4.69) is 22.5 Å². The third kappa shape index (κ3) is 7.93. The summed E-state index contributed by atoms with van der Waals surface area (Å²) in [5.41, 5.74) is 1.57. The summed E-state index contributed by atoms with van der Waals surface area (Å²) < 4.78 is 18.5. The molecule has 0 atom stereocenters. The van der Waals surface area contributed by atoms with E-state index in [1.54, 1.807) is 20.2 Å². The molecule has 0 heterocycles. The molecule has 0 amide bonds. The molecule has 126 valence electrons. The summed E-state index contributed by atoms with van der Waals surface area (Å²) in [7, 11) is 3.31. The van der Waals surface area contributed by atoms with Crippen LogP contribution in [0.2, 0.25) is 0 Å². The van der Waals surface area contributed by atoms with E-state index < -0.39 is 0 Å². The summed E-state index contributed by atoms with van der Waals surface area (Å²) in [5.74, 6) is 0.534. The smallest absolute Gasteiger partial charge is 0.191 e. The van der Waals surface area contributed by atoms with Crippen LogP contribution in [0.5, 0.6) is 0 Å². The Kier molecular flexibility index (Phi) is 12.1. The number of ether oxygens (including phenoxy) is 1. The Hall–Kier alpha value is -0.890. The van der Waals surface area contributed by atoms with E-state index in [4.69, 9.17) is 4.74 Å². The summed E-state index contributed by atoms with van der Waals surface area (Å²) in [4.78, 5) is 4.17. The third-order valence-electron chi connectivity index (χ3n) is 3.17. The normalized spacial score (nSPS) is 11.0. The van der Waals surface area contributed by atoms with Gasteiger partial charge in [-0.15, -0.1) is 24.0 Å². The zero-order valence-electron chi connectivity index (χ0n) is 13.6. The Morgan fingerprint density at radius 3 is 2.68 bits per heavy atom. The first-order valence-corrected chi connectivity index (χ1v) is 7.42. The first-order valence-electron chi connectivity index (χ1n) is 7.42. The lowest BCUT2D eigenvalue weighted by Gasteiger charge is -2.12. The van der Waals surface area contributed by atoms with Crippen molar-refractivity contribution in [3.05, 3.63) is 35.1 Å². The standard InChI is InChI=1S/C16H26FN3O.HI/c1-4-5-6-9-19-16(18-2)20-11-13-7-8-15(17)14(10-13)12-21-3;/h7-8,10H,4-6,9,11-12H2,1-3H3,(H2,18,19,20);1H. The largest absolute Gasteiger partial charge is 0.380 e. The summed E-state index contributed by atoms with van der Waals surface area (Å²) in [6.45, 7) is 3.97. The van der Waals surface area contributed by atoms with Gasteiger partial charge in [-0.05, 0) is 24.1 Å². The van der Waals surface area contributed by atoms with E-state index in [1.807, 2.05) is 6.07 Å². The van der Waals surface area contributed by atoms with Crippen molar-refractivity contribution in [2.75, 3.05) is 20.7 Å². The fraction of sp³-hybridized carbons (Fsp3) is 0.562. The van der Waals surface area contributed by atoms with Crippen LogP contribution >= 0.6 is 24.0 Å². The molecule has 1 aromatic rings. The maximum Gasteiger partial charge on any atom is 0.191 e. The molecule has 0 spiro atoms. The van der Waals surface area contributed by atoms with Crippen molar-refractivity contribution in [2.24, 2.45) is 4.99 Å². The Morgan fingerprint density at radius 1 is 1.27 bits per heavy atom. The minimum atomic E-state index is -0.234. The van der Waals surface area contributed by atoms with Crippen molar-refractivity contribution >= 4 is 29.9 Å². The van der Waals surface area contributed by atoms with Gasteiger partial charge in [-0.3, -0.25) is 4.99 Å². The number of rotatable bonds is 8. The van der Waals surface area contributed by atoms with Crippen molar-refractivity contribution < 1.29 is 9.13 Å². The van der Waals surface area contributed by atoms with Gasteiger partial charge in [-0.25, -0.2) is 4.39 Å². The molecular formula is C16H27FIN3O. The van der Waals surface area contributed by atoms with Gasteiger partial charge in [0.05, 0.1) is 6.61 Å². The average molecular weight is 423 g/mol. The molecule has 22 heavy (non-hydrogen) atoms. The molecule has 1 aromatic carbocycles. The minimum absolute atomic E-state index is 0. The number of hydrogen-bond acceptors (Lipinski definition) is 2. The second kappa shape index (κ2) is 12.6. The third-order valence-corrected chi connectivity index (χ3v) is 3.17. The highest BCUT2D eigenvalue weighted by atomic mass is 127. The minimum Gasteiger partial charge on any atom is -0.380 e. The van der Waals surface area contributed by atoms with Gasteiger partial charge in [-0.2, -0.15) is 0 Å². The van der Waals surface area contributed by atoms with Crippen molar-refractivity contribution in [3.63, 3.8) is 0 Å². The van der Waals surface area contributed by atoms with E-state index in [0.717, 1.165) is 24.5 Å². The number of hydrogen-bond donors (Lipinski definition) is 2. The number of guanidine groups is 1. The Bertz CT molecular complexity index is 455. The molecule has 0 aliphatic carbocycles. The van der Waals surface area contributed by atoms with Gasteiger partial charge in [0.1, 0.15) is 5.82 Å². The molecular weight excluding hydrogens is 396 g/mol. The lowest BCUT2D eigenvalue weighted by Crippen LogP contribution is -2.37. The SMILES string of the molecule is CCCCCNC(=NC)NCc1ccc(F)c(COC)c1.I. The van der Waals surface area contributed by atoms with Crippen LogP contribution < -0.4 is 10.6 Å². The quantitative estimate of drug-likeness (QED) is 0.292. The second-order valence-electron chi connectivity index (χ2n) is 4.92. The van der Waals surface area contributed by atoms with Crippen molar-refractivity contribution in [1.29, 1.82) is 0 Å². The van der Waals surface area contributed by atoms with Crippen LogP contribution in [-0.2, 0) is 17.9 Å². The summed E-state index contributed by atoms with van der Waals surface area (Å²) >= 11 is 0. The lowest BCUT2D eigenvalue weighted by atomic mass is 10.1. The number of halogens is 2. The van der Waals surface area contributed by atoms with Crippen LogP contribution in [0.3, 0.4) is 0 Å². The molecule has 0 fully saturated rings. The summed E-state index contributed by atoms with van der Waals surface area (Å²) in [6, 6.07) is 5.06. The van der Waals surface area contributed by atoms with Crippen LogP contribution in [0.1, 0.15) is 37.3 Å². The molecule has 1 rings (SSSR count). The topological polar surface area (TPSA) is 45.7 Å². The zero-order chi connectivity index (χ0) is 15.5. The van der Waals surface area contributed by atoms with Gasteiger partial charge >= 0.3 is 0 Å². The number of nitrogens with zero attached hydrogens (tertiary/aromatic N) is 1. The molecule has 0 saturated heterocycles. The number of aliphatic imine (C=N–C) groups is 1. The number of nitrogens with one attached hydrogen (secondary N) is 2. The molecule has 2 N–H and O–H groups in total. The zero-order valence-corrected chi connectivity index (χ0v) is 15.9. The number of unbranched alkanes of at least 4 members (excludes halogenated alkanes) is 2. The first kappa shape index (κ1) is 21.1. The number of methoxy groups -OCH3 is 1. The molecule has 0 bridgehead atoms. The van der Waals surface area contributed by atoms with Gasteiger partial charge in [0.2, 0.25) is 0 Å². The van der Waals surface area contributed by atoms with Gasteiger partial charge in [0, 0.05) is 32.8 Å². The van der Waals surface area contributed by atoms with Crippen LogP contribution in [0, 0.1) is 5.82 Å². The van der Waals surface area contributed by atoms with Gasteiger partial charge in [0.15, 0.2) is 5.96 Å². The van der Waals surface area contributed by atoms with Crippen molar-refractivity contribution in [2.45, 2.75) is 39.3 Å². The molecule has 6 heteroatoms. The fourth-order valence-electron chi connectivity index (χ4n) is 1.99. The van der Waals surface area contributed by atoms with Gasteiger partial charge < -0.3 is 15.4 Å². The summed E-state index contributed by atoms with van der Waals surface area (Å²) in [6.07, 6.45) is 3.54. The molecule has 0 saturated carbocycles. The van der Waals surface area contributed by atoms with Gasteiger partial charge in [0.25, 0.3) is 0 Å². The highest BCUT2D eigenvalue weighted by Crippen LogP contribution is 2.11. The Morgan fingerprint density at radius 2 is 2.05 bits per heavy atom. The average Bonchev–Trinajstić information content (AvgIpc) is 2.50. The van der Waals surface area contributed by atoms with E-state index >= 15 is 0 Å². The predicted molar refractivity (Wildman–Crippen MR) is 100 cm³/mol. The monoisotopic (exact) mass is 423 g/mol. The first-order chi connectivity index (χ1) is 10.2. The van der Waals surface area contributed by atoms with E-state index in [9.17, 15) is 4.39 Å². The molecule has 4 nitrogen and oxygen atoms in total. The van der Waals surface area contributed by atoms with Crippen LogP contribution in [0.4, 0.5) is 4.39 Å². The van der Waals surface area contributed by atoms with E-state index in [1.165, 1.54) is 18.9 Å². The van der Waals surface area contributed by atoms with Gasteiger partial charge in [-0.1, -0.05) is 25.8 Å². The number of benzene rings is 1. The van der Waals surface area contributed by atoms with Crippen LogP contribution in [0.15, 0.2) is 23.2 Å². The fourth-order valence-corrected chi connectivity index (χ4v) is 1.99. The lowest BCUT2D eigenvalue weighted by molar-refractivity contribution is 0.181. The van der Waals surface area contributed by atoms with Crippen molar-refractivity contribution in [3.8, 4) is 0 Å². The Labute approximate surface area is 149 Å². The Balaban J connectivity index is 0.00000441. The van der Waals surface area contributed by atoms with Crippen LogP contribution in [0.25, 0.3) is 0 Å². The molecule has 0 aromatic heterocycles. The van der Waals surface area contributed by atoms with E-state index in [0.29, 0.717) is 12.1 Å². The molecule has 0 radical (unpaired) electrons. The highest BCUT2D eigenvalue weighted by molar-refractivity contribution is 14.0. The summed E-state index contributed by atoms with van der Waals surface area (Å²) in [5, 5.41) is 6.49. The van der Waals surface area contributed by atoms with Crippen molar-refractivity contribution in [1.82, 2.24) is 10.6 Å². The van der Waals surface area contributed by atoms with Crippen LogP contribution in [-0.4, -0.2) is 26.7 Å². The van der Waals surface area contributed by atoms with E-state index in [-0.39, 0.29) is 36.4 Å². The molecule has 0 unspecified atom stereocenters. The molecule has 0 aliphatic rings. The maximum atomic E-state index is 13.5. The maximum absolute atomic E-state index is 13.5. The highest BCUT2D eigenvalue weighted by Gasteiger charge is 2.04. The molecule has 0 aliphatic heterocycles. The second-order valence-corrected chi connectivity index (χ2v) is 4.92.